The molecule has 0 aliphatic rings. The molecule has 0 saturated carbocycles. The molecule has 0 unspecified atom stereocenters. The molecule has 1 aromatic carbocycles. The number of rotatable bonds is 3. The van der Waals surface area contributed by atoms with E-state index in [9.17, 15) is 9.18 Å². The van der Waals surface area contributed by atoms with Crippen LogP contribution in [-0.2, 0) is 11.3 Å². The van der Waals surface area contributed by atoms with Crippen LogP contribution < -0.4 is 5.32 Å². The number of carbonyl (C=O) groups is 1. The minimum absolute atomic E-state index is 0. The average molecular weight is 169 g/mol. The van der Waals surface area contributed by atoms with Crippen LogP contribution >= 0.6 is 0 Å². The average Bonchev–Trinajstić information content (AvgIpc) is 2.01. The lowest BCUT2D eigenvalue weighted by Crippen LogP contribution is -2.09. The van der Waals surface area contributed by atoms with E-state index < -0.39 is 0 Å². The van der Waals surface area contributed by atoms with Gasteiger partial charge in [0.05, 0.1) is 0 Å². The second-order valence-corrected chi connectivity index (χ2v) is 2.13. The van der Waals surface area contributed by atoms with Crippen LogP contribution in [0.1, 0.15) is 13.0 Å². The summed E-state index contributed by atoms with van der Waals surface area (Å²) in [6.07, 6.45) is 0.588. The van der Waals surface area contributed by atoms with Gasteiger partial charge in [0.1, 0.15) is 5.82 Å². The molecule has 1 amide bonds. The molecule has 1 N–H and O–H groups in total. The van der Waals surface area contributed by atoms with Gasteiger partial charge in [0, 0.05) is 6.54 Å². The first-order valence-electron chi connectivity index (χ1n) is 3.24. The molecule has 0 heterocycles. The van der Waals surface area contributed by atoms with Gasteiger partial charge >= 0.3 is 0 Å². The molecule has 0 fully saturated rings. The van der Waals surface area contributed by atoms with Crippen LogP contribution in [0, 0.1) is 5.82 Å². The van der Waals surface area contributed by atoms with Crippen molar-refractivity contribution in [2.24, 2.45) is 0 Å². The van der Waals surface area contributed by atoms with Gasteiger partial charge in [0.2, 0.25) is 6.41 Å². The number of halogens is 1. The summed E-state index contributed by atoms with van der Waals surface area (Å²) in [6.45, 7) is 0.376. The Morgan fingerprint density at radius 1 is 1.50 bits per heavy atom. The highest BCUT2D eigenvalue weighted by molar-refractivity contribution is 5.46. The van der Waals surface area contributed by atoms with E-state index in [1.54, 1.807) is 12.1 Å². The quantitative estimate of drug-likeness (QED) is 0.685. The van der Waals surface area contributed by atoms with Crippen molar-refractivity contribution in [2.45, 2.75) is 14.0 Å². The van der Waals surface area contributed by atoms with Crippen LogP contribution in [0.15, 0.2) is 24.3 Å². The standard InChI is InChI=1S/C8H8FNO.CH4/c9-8-3-1-2-7(4-8)5-10-6-11;/h1-4,6H,5H2,(H,10,11);1H4. The van der Waals surface area contributed by atoms with Crippen molar-refractivity contribution in [3.8, 4) is 0 Å². The Morgan fingerprint density at radius 2 is 2.25 bits per heavy atom. The summed E-state index contributed by atoms with van der Waals surface area (Å²) in [5.41, 5.74) is 0.761. The summed E-state index contributed by atoms with van der Waals surface area (Å²) in [5, 5.41) is 2.44. The number of amides is 1. The molecule has 66 valence electrons. The zero-order valence-electron chi connectivity index (χ0n) is 5.88. The fourth-order valence-electron chi connectivity index (χ4n) is 0.806. The Morgan fingerprint density at radius 3 is 2.83 bits per heavy atom. The van der Waals surface area contributed by atoms with Gasteiger partial charge in [-0.3, -0.25) is 4.79 Å². The lowest BCUT2D eigenvalue weighted by Gasteiger charge is -1.97. The zero-order valence-corrected chi connectivity index (χ0v) is 5.88. The first kappa shape index (κ1) is 10.6. The SMILES string of the molecule is C.O=CNCc1cccc(F)c1. The van der Waals surface area contributed by atoms with Crippen LogP contribution in [-0.4, -0.2) is 6.41 Å². The summed E-state index contributed by atoms with van der Waals surface area (Å²) >= 11 is 0. The molecule has 0 aliphatic heterocycles. The highest BCUT2D eigenvalue weighted by Gasteiger charge is 1.92. The second kappa shape index (κ2) is 5.29. The number of carbonyl (C=O) groups excluding carboxylic acids is 1. The first-order chi connectivity index (χ1) is 5.33. The van der Waals surface area contributed by atoms with E-state index in [0.29, 0.717) is 13.0 Å². The molecule has 0 aromatic heterocycles. The van der Waals surface area contributed by atoms with E-state index in [1.165, 1.54) is 12.1 Å². The minimum Gasteiger partial charge on any atom is -0.355 e. The van der Waals surface area contributed by atoms with Crippen molar-refractivity contribution < 1.29 is 9.18 Å². The summed E-state index contributed by atoms with van der Waals surface area (Å²) in [7, 11) is 0. The molecular formula is C9H12FNO. The maximum absolute atomic E-state index is 12.5. The maximum atomic E-state index is 12.5. The van der Waals surface area contributed by atoms with Crippen molar-refractivity contribution in [1.82, 2.24) is 5.32 Å². The Kier molecular flexibility index (Phi) is 4.69. The van der Waals surface area contributed by atoms with Crippen LogP contribution in [0.3, 0.4) is 0 Å². The number of nitrogens with one attached hydrogen (secondary N) is 1. The zero-order chi connectivity index (χ0) is 8.10. The third-order valence-electron chi connectivity index (χ3n) is 1.28. The predicted octanol–water partition coefficient (Wildman–Crippen LogP) is 1.71. The molecule has 1 aromatic rings. The summed E-state index contributed by atoms with van der Waals surface area (Å²) in [4.78, 5) is 9.86. The van der Waals surface area contributed by atoms with E-state index >= 15 is 0 Å². The molecule has 2 nitrogen and oxygen atoms in total. The topological polar surface area (TPSA) is 29.1 Å². The monoisotopic (exact) mass is 169 g/mol. The maximum Gasteiger partial charge on any atom is 0.207 e. The summed E-state index contributed by atoms with van der Waals surface area (Å²) in [6, 6.07) is 6.11. The van der Waals surface area contributed by atoms with Gasteiger partial charge in [-0.05, 0) is 17.7 Å². The van der Waals surface area contributed by atoms with Crippen molar-refractivity contribution in [3.63, 3.8) is 0 Å². The molecule has 0 aliphatic carbocycles. The molecule has 1 rings (SSSR count). The highest BCUT2D eigenvalue weighted by atomic mass is 19.1. The Bertz CT molecular complexity index is 250. The van der Waals surface area contributed by atoms with Crippen LogP contribution in [0.2, 0.25) is 0 Å². The Balaban J connectivity index is 0.00000121. The van der Waals surface area contributed by atoms with E-state index in [1.807, 2.05) is 0 Å². The molecule has 12 heavy (non-hydrogen) atoms. The number of hydrogen-bond donors (Lipinski definition) is 1. The van der Waals surface area contributed by atoms with Gasteiger partial charge < -0.3 is 5.32 Å². The van der Waals surface area contributed by atoms with Gasteiger partial charge in [-0.15, -0.1) is 0 Å². The number of hydrogen-bond acceptors (Lipinski definition) is 1. The van der Waals surface area contributed by atoms with Gasteiger partial charge in [-0.2, -0.15) is 0 Å². The van der Waals surface area contributed by atoms with Crippen molar-refractivity contribution in [2.75, 3.05) is 0 Å². The van der Waals surface area contributed by atoms with Gasteiger partial charge in [0.25, 0.3) is 0 Å². The first-order valence-corrected chi connectivity index (χ1v) is 3.24. The molecule has 0 radical (unpaired) electrons. The Hall–Kier alpha value is -1.38. The normalized spacial score (nSPS) is 8.42. The molecule has 0 saturated heterocycles. The second-order valence-electron chi connectivity index (χ2n) is 2.13. The third kappa shape index (κ3) is 3.14. The lowest BCUT2D eigenvalue weighted by molar-refractivity contribution is -0.109. The van der Waals surface area contributed by atoms with Crippen molar-refractivity contribution in [1.29, 1.82) is 0 Å². The minimum atomic E-state index is -0.282. The van der Waals surface area contributed by atoms with Crippen LogP contribution in [0.4, 0.5) is 4.39 Å². The van der Waals surface area contributed by atoms with Gasteiger partial charge in [0.15, 0.2) is 0 Å². The van der Waals surface area contributed by atoms with E-state index in [4.69, 9.17) is 0 Å². The highest BCUT2D eigenvalue weighted by Crippen LogP contribution is 2.01. The van der Waals surface area contributed by atoms with E-state index in [-0.39, 0.29) is 13.2 Å². The van der Waals surface area contributed by atoms with E-state index in [2.05, 4.69) is 5.32 Å². The largest absolute Gasteiger partial charge is 0.355 e. The fourth-order valence-corrected chi connectivity index (χ4v) is 0.806. The van der Waals surface area contributed by atoms with Crippen molar-refractivity contribution in [3.05, 3.63) is 35.6 Å². The summed E-state index contributed by atoms with van der Waals surface area (Å²) in [5.74, 6) is -0.282. The molecule has 0 spiro atoms. The molecule has 0 bridgehead atoms. The van der Waals surface area contributed by atoms with Gasteiger partial charge in [-0.1, -0.05) is 19.6 Å². The molecular weight excluding hydrogens is 157 g/mol. The molecule has 3 heteroatoms. The predicted molar refractivity (Wildman–Crippen MR) is 46.0 cm³/mol. The third-order valence-corrected chi connectivity index (χ3v) is 1.28. The smallest absolute Gasteiger partial charge is 0.207 e. The number of benzene rings is 1. The van der Waals surface area contributed by atoms with E-state index in [0.717, 1.165) is 5.56 Å². The Labute approximate surface area is 71.4 Å². The fraction of sp³-hybridized carbons (Fsp3) is 0.222. The van der Waals surface area contributed by atoms with Gasteiger partial charge in [-0.25, -0.2) is 4.39 Å². The van der Waals surface area contributed by atoms with Crippen molar-refractivity contribution >= 4 is 6.41 Å². The van der Waals surface area contributed by atoms with Crippen LogP contribution in [0.5, 0.6) is 0 Å². The van der Waals surface area contributed by atoms with Crippen LogP contribution in [0.25, 0.3) is 0 Å². The summed E-state index contributed by atoms with van der Waals surface area (Å²) < 4.78 is 12.5. The molecule has 0 atom stereocenters. The lowest BCUT2D eigenvalue weighted by atomic mass is 10.2.